The van der Waals surface area contributed by atoms with Crippen LogP contribution in [0, 0.1) is 11.8 Å². The lowest BCUT2D eigenvalue weighted by Gasteiger charge is -2.33. The van der Waals surface area contributed by atoms with Crippen LogP contribution < -0.4 is 4.90 Å². The minimum atomic E-state index is -3.77. The standard InChI is InChI=1S/C18H24N2O5S/c1-11-6-15(18(22)23)10-19(9-11)26(24,25)16-4-5-17-14(8-16)7-12(2)20(17)13(3)21/h4-5,8,11-12,15H,6-7,9-10H2,1-3H3,(H,22,23). The second-order valence-corrected chi connectivity index (χ2v) is 9.37. The molecule has 2 aliphatic heterocycles. The summed E-state index contributed by atoms with van der Waals surface area (Å²) in [5.74, 6) is -1.73. The fourth-order valence-electron chi connectivity index (χ4n) is 4.07. The zero-order chi connectivity index (χ0) is 19.2. The summed E-state index contributed by atoms with van der Waals surface area (Å²) in [6.45, 7) is 5.61. The summed E-state index contributed by atoms with van der Waals surface area (Å²) in [7, 11) is -3.77. The number of anilines is 1. The van der Waals surface area contributed by atoms with Crippen LogP contribution >= 0.6 is 0 Å². The quantitative estimate of drug-likeness (QED) is 0.861. The van der Waals surface area contributed by atoms with Crippen LogP contribution in [0.15, 0.2) is 23.1 Å². The lowest BCUT2D eigenvalue weighted by Crippen LogP contribution is -2.45. The van der Waals surface area contributed by atoms with Crippen molar-refractivity contribution in [1.29, 1.82) is 0 Å². The minimum Gasteiger partial charge on any atom is -0.481 e. The number of rotatable bonds is 3. The van der Waals surface area contributed by atoms with E-state index in [0.29, 0.717) is 19.4 Å². The van der Waals surface area contributed by atoms with E-state index < -0.39 is 21.9 Å². The van der Waals surface area contributed by atoms with Crippen LogP contribution in [-0.4, -0.2) is 48.8 Å². The molecule has 7 nitrogen and oxygen atoms in total. The summed E-state index contributed by atoms with van der Waals surface area (Å²) < 4.78 is 27.4. The fraction of sp³-hybridized carbons (Fsp3) is 0.556. The fourth-order valence-corrected chi connectivity index (χ4v) is 5.73. The molecule has 8 heteroatoms. The molecule has 1 aromatic rings. The largest absolute Gasteiger partial charge is 0.481 e. The van der Waals surface area contributed by atoms with E-state index in [1.165, 1.54) is 17.3 Å². The monoisotopic (exact) mass is 380 g/mol. The number of nitrogens with zero attached hydrogens (tertiary/aromatic N) is 2. The Hall–Kier alpha value is -1.93. The van der Waals surface area contributed by atoms with Crippen molar-refractivity contribution in [3.63, 3.8) is 0 Å². The molecule has 0 radical (unpaired) electrons. The molecule has 142 valence electrons. The molecule has 26 heavy (non-hydrogen) atoms. The van der Waals surface area contributed by atoms with Gasteiger partial charge >= 0.3 is 5.97 Å². The Morgan fingerprint density at radius 2 is 1.88 bits per heavy atom. The van der Waals surface area contributed by atoms with Crippen LogP contribution in [0.1, 0.15) is 32.8 Å². The van der Waals surface area contributed by atoms with E-state index in [1.807, 2.05) is 13.8 Å². The summed E-state index contributed by atoms with van der Waals surface area (Å²) in [4.78, 5) is 25.0. The number of benzene rings is 1. The van der Waals surface area contributed by atoms with Gasteiger partial charge in [0.25, 0.3) is 0 Å². The first-order valence-electron chi connectivity index (χ1n) is 8.77. The maximum Gasteiger partial charge on any atom is 0.307 e. The molecular formula is C18H24N2O5S. The summed E-state index contributed by atoms with van der Waals surface area (Å²) in [6, 6.07) is 4.80. The van der Waals surface area contributed by atoms with Gasteiger partial charge in [-0.25, -0.2) is 8.42 Å². The third-order valence-electron chi connectivity index (χ3n) is 5.22. The van der Waals surface area contributed by atoms with Crippen LogP contribution in [0.25, 0.3) is 0 Å². The summed E-state index contributed by atoms with van der Waals surface area (Å²) in [6.07, 6.45) is 1.09. The van der Waals surface area contributed by atoms with Gasteiger partial charge in [0.2, 0.25) is 15.9 Å². The second-order valence-electron chi connectivity index (χ2n) is 7.43. The van der Waals surface area contributed by atoms with Gasteiger partial charge in [0, 0.05) is 31.7 Å². The van der Waals surface area contributed by atoms with Crippen molar-refractivity contribution in [2.45, 2.75) is 44.6 Å². The Balaban J connectivity index is 1.93. The van der Waals surface area contributed by atoms with E-state index in [0.717, 1.165) is 11.3 Å². The van der Waals surface area contributed by atoms with Crippen LogP contribution in [0.2, 0.25) is 0 Å². The molecule has 1 saturated heterocycles. The molecule has 3 atom stereocenters. The van der Waals surface area contributed by atoms with Crippen LogP contribution in [0.4, 0.5) is 5.69 Å². The smallest absolute Gasteiger partial charge is 0.307 e. The first kappa shape index (κ1) is 18.8. The van der Waals surface area contributed by atoms with Crippen molar-refractivity contribution in [2.75, 3.05) is 18.0 Å². The Bertz CT molecular complexity index is 851. The molecule has 2 heterocycles. The molecule has 0 aromatic heterocycles. The number of carboxylic acid groups (broad SMARTS) is 1. The number of sulfonamides is 1. The number of aliphatic carboxylic acids is 1. The lowest BCUT2D eigenvalue weighted by atomic mass is 9.92. The Labute approximate surface area is 153 Å². The van der Waals surface area contributed by atoms with Gasteiger partial charge in [0.05, 0.1) is 10.8 Å². The van der Waals surface area contributed by atoms with Crippen LogP contribution in [0.5, 0.6) is 0 Å². The van der Waals surface area contributed by atoms with Crippen LogP contribution in [-0.2, 0) is 26.0 Å². The zero-order valence-electron chi connectivity index (χ0n) is 15.2. The van der Waals surface area contributed by atoms with Crippen molar-refractivity contribution in [2.24, 2.45) is 11.8 Å². The highest BCUT2D eigenvalue weighted by Gasteiger charge is 2.37. The van der Waals surface area contributed by atoms with Crippen molar-refractivity contribution in [3.8, 4) is 0 Å². The predicted molar refractivity (Wildman–Crippen MR) is 96.4 cm³/mol. The van der Waals surface area contributed by atoms with Gasteiger partial charge in [-0.2, -0.15) is 4.31 Å². The van der Waals surface area contributed by atoms with Gasteiger partial charge in [-0.3, -0.25) is 9.59 Å². The highest BCUT2D eigenvalue weighted by Crippen LogP contribution is 2.35. The third kappa shape index (κ3) is 3.23. The van der Waals surface area contributed by atoms with E-state index >= 15 is 0 Å². The Kier molecular flexibility index (Phi) is 4.83. The molecule has 2 aliphatic rings. The van der Waals surface area contributed by atoms with Crippen molar-refractivity contribution in [1.82, 2.24) is 4.31 Å². The molecule has 3 unspecified atom stereocenters. The van der Waals surface area contributed by atoms with E-state index in [2.05, 4.69) is 0 Å². The molecule has 0 bridgehead atoms. The van der Waals surface area contributed by atoms with Crippen molar-refractivity contribution >= 4 is 27.6 Å². The number of piperidine rings is 1. The molecule has 0 spiro atoms. The topological polar surface area (TPSA) is 95.0 Å². The Morgan fingerprint density at radius 1 is 1.19 bits per heavy atom. The van der Waals surface area contributed by atoms with E-state index in [4.69, 9.17) is 0 Å². The predicted octanol–water partition coefficient (Wildman–Crippen LogP) is 1.72. The molecular weight excluding hydrogens is 356 g/mol. The normalized spacial score (nSPS) is 26.6. The average molecular weight is 380 g/mol. The van der Waals surface area contributed by atoms with Gasteiger partial charge in [-0.05, 0) is 49.4 Å². The summed E-state index contributed by atoms with van der Waals surface area (Å²) in [5, 5.41) is 9.29. The van der Waals surface area contributed by atoms with Gasteiger partial charge < -0.3 is 10.0 Å². The number of hydrogen-bond acceptors (Lipinski definition) is 4. The van der Waals surface area contributed by atoms with Crippen molar-refractivity contribution < 1.29 is 23.1 Å². The van der Waals surface area contributed by atoms with Gasteiger partial charge in [-0.1, -0.05) is 6.92 Å². The number of fused-ring (bicyclic) bond motifs is 1. The van der Waals surface area contributed by atoms with Gasteiger partial charge in [0.1, 0.15) is 0 Å². The summed E-state index contributed by atoms with van der Waals surface area (Å²) >= 11 is 0. The third-order valence-corrected chi connectivity index (χ3v) is 7.05. The molecule has 1 aromatic carbocycles. The number of hydrogen-bond donors (Lipinski definition) is 1. The average Bonchev–Trinajstić information content (AvgIpc) is 2.89. The van der Waals surface area contributed by atoms with Gasteiger partial charge in [-0.15, -0.1) is 0 Å². The number of carbonyl (C=O) groups excluding carboxylic acids is 1. The van der Waals surface area contributed by atoms with Crippen LogP contribution in [0.3, 0.4) is 0 Å². The highest BCUT2D eigenvalue weighted by atomic mass is 32.2. The van der Waals surface area contributed by atoms with E-state index in [1.54, 1.807) is 17.0 Å². The maximum absolute atomic E-state index is 13.1. The molecule has 1 fully saturated rings. The number of amides is 1. The second kappa shape index (κ2) is 6.66. The molecule has 0 saturated carbocycles. The number of carbonyl (C=O) groups is 2. The first-order chi connectivity index (χ1) is 12.1. The maximum atomic E-state index is 13.1. The molecule has 3 rings (SSSR count). The first-order valence-corrected chi connectivity index (χ1v) is 10.2. The van der Waals surface area contributed by atoms with E-state index in [-0.39, 0.29) is 29.3 Å². The van der Waals surface area contributed by atoms with E-state index in [9.17, 15) is 23.1 Å². The SMILES string of the molecule is CC(=O)N1c2ccc(S(=O)(=O)N3CC(C)CC(C(=O)O)C3)cc2CC1C. The minimum absolute atomic E-state index is 0.00490. The zero-order valence-corrected chi connectivity index (χ0v) is 16.0. The molecule has 1 amide bonds. The number of carboxylic acids is 1. The van der Waals surface area contributed by atoms with Gasteiger partial charge in [0.15, 0.2) is 0 Å². The highest BCUT2D eigenvalue weighted by molar-refractivity contribution is 7.89. The molecule has 0 aliphatic carbocycles. The summed E-state index contributed by atoms with van der Waals surface area (Å²) in [5.41, 5.74) is 1.58. The molecule has 1 N–H and O–H groups in total. The lowest BCUT2D eigenvalue weighted by molar-refractivity contribution is -0.143. The Morgan fingerprint density at radius 3 is 2.50 bits per heavy atom. The van der Waals surface area contributed by atoms with Crippen molar-refractivity contribution in [3.05, 3.63) is 23.8 Å².